The van der Waals surface area contributed by atoms with Gasteiger partial charge in [-0.15, -0.1) is 0 Å². The van der Waals surface area contributed by atoms with E-state index in [9.17, 15) is 4.79 Å². The smallest absolute Gasteiger partial charge is 0.272 e. The Labute approximate surface area is 198 Å². The number of nitrogens with one attached hydrogen (secondary N) is 1. The largest absolute Gasteiger partial charge is 0.488 e. The summed E-state index contributed by atoms with van der Waals surface area (Å²) in [6.45, 7) is 3.03. The summed E-state index contributed by atoms with van der Waals surface area (Å²) in [6, 6.07) is 11.1. The van der Waals surface area contributed by atoms with E-state index in [2.05, 4.69) is 20.3 Å². The van der Waals surface area contributed by atoms with Crippen LogP contribution in [0, 0.1) is 0 Å². The first-order valence-corrected chi connectivity index (χ1v) is 11.7. The topological polar surface area (TPSA) is 115 Å². The number of pyridine rings is 1. The molecule has 0 saturated carbocycles. The fraction of sp³-hybridized carbons (Fsp3) is 0.360. The number of likely N-dealkylation sites (tertiary alicyclic amines) is 1. The van der Waals surface area contributed by atoms with E-state index in [4.69, 9.17) is 15.2 Å². The molecule has 0 unspecified atom stereocenters. The van der Waals surface area contributed by atoms with E-state index in [0.29, 0.717) is 42.0 Å². The lowest BCUT2D eigenvalue weighted by Crippen LogP contribution is -2.28. The second-order valence-corrected chi connectivity index (χ2v) is 8.50. The molecule has 0 radical (unpaired) electrons. The van der Waals surface area contributed by atoms with Crippen LogP contribution in [0.2, 0.25) is 0 Å². The molecule has 1 amide bonds. The average Bonchev–Trinajstić information content (AvgIpc) is 3.41. The Morgan fingerprint density at radius 2 is 1.91 bits per heavy atom. The Hall–Kier alpha value is -3.72. The first kappa shape index (κ1) is 22.1. The summed E-state index contributed by atoms with van der Waals surface area (Å²) in [5.41, 5.74) is 9.58. The molecule has 9 nitrogen and oxygen atoms in total. The Balaban J connectivity index is 1.26. The predicted octanol–water partition coefficient (Wildman–Crippen LogP) is 3.66. The first-order chi connectivity index (χ1) is 16.7. The molecule has 0 bridgehead atoms. The number of benzene rings is 1. The quantitative estimate of drug-likeness (QED) is 0.536. The number of nitrogens with two attached hydrogens (primary N) is 1. The molecule has 2 aromatic heterocycles. The van der Waals surface area contributed by atoms with Gasteiger partial charge in [-0.1, -0.05) is 0 Å². The van der Waals surface area contributed by atoms with Crippen molar-refractivity contribution in [1.82, 2.24) is 19.9 Å². The third-order valence-electron chi connectivity index (χ3n) is 6.06. The Morgan fingerprint density at radius 3 is 2.65 bits per heavy atom. The third kappa shape index (κ3) is 5.09. The van der Waals surface area contributed by atoms with Crippen LogP contribution in [0.4, 0.5) is 17.3 Å². The van der Waals surface area contributed by atoms with Crippen molar-refractivity contribution >= 4 is 23.2 Å². The summed E-state index contributed by atoms with van der Waals surface area (Å²) >= 11 is 0. The van der Waals surface area contributed by atoms with Crippen molar-refractivity contribution in [2.75, 3.05) is 37.4 Å². The number of aromatic nitrogens is 3. The minimum absolute atomic E-state index is 0.0240. The number of hydrogen-bond donors (Lipinski definition) is 2. The molecule has 2 fully saturated rings. The highest BCUT2D eigenvalue weighted by atomic mass is 16.5. The van der Waals surface area contributed by atoms with Crippen molar-refractivity contribution in [3.05, 3.63) is 54.5 Å². The van der Waals surface area contributed by atoms with E-state index in [1.54, 1.807) is 18.5 Å². The SMILES string of the molecule is Nc1cc(-c2ccnc(Nc3ccc(C(=O)N4CCCC4)nc3)n2)ccc1OC1CCOCC1. The van der Waals surface area contributed by atoms with Gasteiger partial charge in [-0.3, -0.25) is 4.79 Å². The molecule has 0 aliphatic carbocycles. The minimum atomic E-state index is -0.0240. The standard InChI is InChI=1S/C25H28N6O3/c26-20-15-17(3-6-23(20)34-19-8-13-33-14-9-19)21-7-10-27-25(30-21)29-18-4-5-22(28-16-18)24(32)31-11-1-2-12-31/h3-7,10,15-16,19H,1-2,8-9,11-14,26H2,(H,27,29,30). The zero-order chi connectivity index (χ0) is 23.3. The van der Waals surface area contributed by atoms with Crippen molar-refractivity contribution in [2.45, 2.75) is 31.8 Å². The van der Waals surface area contributed by atoms with E-state index in [1.807, 2.05) is 35.2 Å². The molecule has 3 aromatic rings. The lowest BCUT2D eigenvalue weighted by molar-refractivity contribution is 0.0259. The van der Waals surface area contributed by atoms with Crippen LogP contribution in [0.1, 0.15) is 36.2 Å². The van der Waals surface area contributed by atoms with Crippen LogP contribution in [0.25, 0.3) is 11.3 Å². The van der Waals surface area contributed by atoms with E-state index in [1.165, 1.54) is 0 Å². The number of rotatable bonds is 6. The zero-order valence-electron chi connectivity index (χ0n) is 18.9. The lowest BCUT2D eigenvalue weighted by atomic mass is 10.1. The van der Waals surface area contributed by atoms with Gasteiger partial charge in [0.25, 0.3) is 5.91 Å². The number of amides is 1. The molecule has 0 atom stereocenters. The summed E-state index contributed by atoms with van der Waals surface area (Å²) in [6.07, 6.45) is 7.27. The highest BCUT2D eigenvalue weighted by molar-refractivity contribution is 5.92. The van der Waals surface area contributed by atoms with Gasteiger partial charge in [-0.2, -0.15) is 0 Å². The molecule has 1 aromatic carbocycles. The molecular formula is C25H28N6O3. The fourth-order valence-electron chi connectivity index (χ4n) is 4.17. The zero-order valence-corrected chi connectivity index (χ0v) is 18.9. The van der Waals surface area contributed by atoms with Crippen molar-refractivity contribution in [2.24, 2.45) is 0 Å². The normalized spacial score (nSPS) is 16.4. The van der Waals surface area contributed by atoms with Gasteiger partial charge in [-0.05, 0) is 49.2 Å². The van der Waals surface area contributed by atoms with Crippen molar-refractivity contribution in [1.29, 1.82) is 0 Å². The summed E-state index contributed by atoms with van der Waals surface area (Å²) in [5, 5.41) is 3.15. The number of hydrogen-bond acceptors (Lipinski definition) is 8. The lowest BCUT2D eigenvalue weighted by Gasteiger charge is -2.24. The molecule has 5 rings (SSSR count). The molecule has 2 saturated heterocycles. The number of nitrogens with zero attached hydrogens (tertiary/aromatic N) is 4. The van der Waals surface area contributed by atoms with E-state index >= 15 is 0 Å². The predicted molar refractivity (Wildman–Crippen MR) is 129 cm³/mol. The van der Waals surface area contributed by atoms with Crippen molar-refractivity contribution in [3.8, 4) is 17.0 Å². The van der Waals surface area contributed by atoms with Crippen LogP contribution < -0.4 is 15.8 Å². The highest BCUT2D eigenvalue weighted by Crippen LogP contribution is 2.30. The maximum absolute atomic E-state index is 12.5. The Kier molecular flexibility index (Phi) is 6.53. The van der Waals surface area contributed by atoms with E-state index in [-0.39, 0.29) is 12.0 Å². The Bertz CT molecular complexity index is 1140. The summed E-state index contributed by atoms with van der Waals surface area (Å²) in [5.74, 6) is 1.08. The fourth-order valence-corrected chi connectivity index (χ4v) is 4.17. The van der Waals surface area contributed by atoms with Crippen molar-refractivity contribution in [3.63, 3.8) is 0 Å². The number of carbonyl (C=O) groups is 1. The van der Waals surface area contributed by atoms with Crippen LogP contribution >= 0.6 is 0 Å². The van der Waals surface area contributed by atoms with Crippen LogP contribution in [-0.4, -0.2) is 58.2 Å². The number of nitrogen functional groups attached to an aromatic ring is 1. The number of anilines is 3. The van der Waals surface area contributed by atoms with Crippen LogP contribution in [0.5, 0.6) is 5.75 Å². The number of ether oxygens (including phenoxy) is 2. The second-order valence-electron chi connectivity index (χ2n) is 8.50. The second kappa shape index (κ2) is 10.0. The molecule has 0 spiro atoms. The van der Waals surface area contributed by atoms with Crippen molar-refractivity contribution < 1.29 is 14.3 Å². The minimum Gasteiger partial charge on any atom is -0.488 e. The molecule has 4 heterocycles. The monoisotopic (exact) mass is 460 g/mol. The van der Waals surface area contributed by atoms with Gasteiger partial charge >= 0.3 is 0 Å². The van der Waals surface area contributed by atoms with E-state index < -0.39 is 0 Å². The van der Waals surface area contributed by atoms with Crippen LogP contribution in [0.3, 0.4) is 0 Å². The third-order valence-corrected chi connectivity index (χ3v) is 6.06. The molecule has 3 N–H and O–H groups in total. The van der Waals surface area contributed by atoms with Gasteiger partial charge in [0.05, 0.1) is 36.5 Å². The van der Waals surface area contributed by atoms with E-state index in [0.717, 1.165) is 50.0 Å². The van der Waals surface area contributed by atoms with Gasteiger partial charge in [-0.25, -0.2) is 15.0 Å². The molecular weight excluding hydrogens is 432 g/mol. The Morgan fingerprint density at radius 1 is 1.09 bits per heavy atom. The van der Waals surface area contributed by atoms with Gasteiger partial charge < -0.3 is 25.4 Å². The van der Waals surface area contributed by atoms with Gasteiger partial charge in [0.15, 0.2) is 0 Å². The maximum atomic E-state index is 12.5. The number of carbonyl (C=O) groups excluding carboxylic acids is 1. The first-order valence-electron chi connectivity index (χ1n) is 11.7. The van der Waals surface area contributed by atoms with Gasteiger partial charge in [0.1, 0.15) is 17.5 Å². The molecule has 9 heteroatoms. The molecule has 176 valence electrons. The summed E-state index contributed by atoms with van der Waals surface area (Å²) < 4.78 is 11.4. The summed E-state index contributed by atoms with van der Waals surface area (Å²) in [4.78, 5) is 27.5. The van der Waals surface area contributed by atoms with Crippen LogP contribution in [-0.2, 0) is 4.74 Å². The van der Waals surface area contributed by atoms with Gasteiger partial charge in [0.2, 0.25) is 5.95 Å². The average molecular weight is 461 g/mol. The van der Waals surface area contributed by atoms with Crippen LogP contribution in [0.15, 0.2) is 48.8 Å². The summed E-state index contributed by atoms with van der Waals surface area (Å²) in [7, 11) is 0. The molecule has 34 heavy (non-hydrogen) atoms. The van der Waals surface area contributed by atoms with Gasteiger partial charge in [0, 0.05) is 37.7 Å². The molecule has 2 aliphatic rings. The molecule has 2 aliphatic heterocycles. The highest BCUT2D eigenvalue weighted by Gasteiger charge is 2.20. The maximum Gasteiger partial charge on any atom is 0.272 e.